The van der Waals surface area contributed by atoms with Gasteiger partial charge in [0.15, 0.2) is 0 Å². The van der Waals surface area contributed by atoms with Gasteiger partial charge < -0.3 is 9.80 Å². The van der Waals surface area contributed by atoms with Crippen molar-refractivity contribution in [1.29, 1.82) is 0 Å². The molecule has 9 heteroatoms. The molecule has 1 aliphatic heterocycles. The van der Waals surface area contributed by atoms with Crippen LogP contribution < -0.4 is 4.90 Å². The molecule has 1 aliphatic rings. The quantitative estimate of drug-likeness (QED) is 0.457. The van der Waals surface area contributed by atoms with E-state index in [-0.39, 0.29) is 11.9 Å². The largest absolute Gasteiger partial charge is 0.354 e. The molecule has 3 rings (SSSR count). The van der Waals surface area contributed by atoms with Crippen LogP contribution in [-0.4, -0.2) is 46.4 Å². The lowest BCUT2D eigenvalue weighted by Gasteiger charge is -2.36. The van der Waals surface area contributed by atoms with E-state index in [0.717, 1.165) is 34.5 Å². The Balaban J connectivity index is 2.01. The molecule has 0 aliphatic carbocycles. The van der Waals surface area contributed by atoms with Crippen molar-refractivity contribution in [2.45, 2.75) is 19.9 Å². The molecule has 1 atom stereocenters. The minimum Gasteiger partial charge on any atom is -0.354 e. The number of halogens is 1. The first-order valence-corrected chi connectivity index (χ1v) is 8.51. The minimum atomic E-state index is -0.290. The lowest BCUT2D eigenvalue weighted by Crippen LogP contribution is -2.48. The number of piperazine rings is 1. The van der Waals surface area contributed by atoms with Crippen LogP contribution in [0.2, 0.25) is 0 Å². The Hall–Kier alpha value is -2.25. The van der Waals surface area contributed by atoms with Gasteiger partial charge in [0.05, 0.1) is 17.8 Å². The molecule has 3 heterocycles. The van der Waals surface area contributed by atoms with Gasteiger partial charge in [0, 0.05) is 42.5 Å². The first-order chi connectivity index (χ1) is 11.5. The van der Waals surface area contributed by atoms with Crippen molar-refractivity contribution in [3.63, 3.8) is 0 Å². The van der Waals surface area contributed by atoms with Gasteiger partial charge in [-0.3, -0.25) is 9.20 Å². The van der Waals surface area contributed by atoms with Gasteiger partial charge in [0.25, 0.3) is 0 Å². The molecular formula is C15H18BrN7O. The number of azide groups is 1. The summed E-state index contributed by atoms with van der Waals surface area (Å²) in [5.74, 6) is 1.10. The van der Waals surface area contributed by atoms with E-state index >= 15 is 0 Å². The summed E-state index contributed by atoms with van der Waals surface area (Å²) in [6.45, 7) is 6.37. The highest BCUT2D eigenvalue weighted by Crippen LogP contribution is 2.34. The van der Waals surface area contributed by atoms with Gasteiger partial charge in [0.2, 0.25) is 5.91 Å². The van der Waals surface area contributed by atoms with Gasteiger partial charge in [-0.1, -0.05) is 12.0 Å². The molecule has 0 N–H and O–H groups in total. The first-order valence-electron chi connectivity index (χ1n) is 7.72. The number of hydrogen-bond donors (Lipinski definition) is 0. The molecule has 0 bridgehead atoms. The Labute approximate surface area is 147 Å². The number of nitrogens with zero attached hydrogens (tertiary/aromatic N) is 7. The van der Waals surface area contributed by atoms with Crippen LogP contribution >= 0.6 is 15.9 Å². The average molecular weight is 392 g/mol. The summed E-state index contributed by atoms with van der Waals surface area (Å²) >= 11 is 3.60. The molecule has 8 nitrogen and oxygen atoms in total. The first kappa shape index (κ1) is 16.6. The third-order valence-corrected chi connectivity index (χ3v) is 5.24. The Bertz CT molecular complexity index is 819. The van der Waals surface area contributed by atoms with Crippen LogP contribution in [-0.2, 0) is 4.79 Å². The zero-order valence-electron chi connectivity index (χ0n) is 13.6. The standard InChI is InChI=1S/C15H18BrN7O/c1-10(19-20-17)12-7-14(23-9-18-8-13(23)15(12)16)22-5-3-21(4-6-22)11(2)24/h7-10H,3-6H2,1-2H3. The highest BCUT2D eigenvalue weighted by Gasteiger charge is 2.23. The monoisotopic (exact) mass is 391 g/mol. The van der Waals surface area contributed by atoms with Gasteiger partial charge in [-0.2, -0.15) is 0 Å². The Kier molecular flexibility index (Phi) is 4.64. The molecule has 0 saturated carbocycles. The molecule has 2 aromatic heterocycles. The maximum absolute atomic E-state index is 11.5. The predicted octanol–water partition coefficient (Wildman–Crippen LogP) is 3.14. The third-order valence-electron chi connectivity index (χ3n) is 4.37. The van der Waals surface area contributed by atoms with Crippen LogP contribution in [0.25, 0.3) is 16.0 Å². The number of pyridine rings is 1. The fourth-order valence-electron chi connectivity index (χ4n) is 3.00. The van der Waals surface area contributed by atoms with Crippen molar-refractivity contribution >= 4 is 33.2 Å². The van der Waals surface area contributed by atoms with Gasteiger partial charge in [-0.05, 0) is 33.1 Å². The second kappa shape index (κ2) is 6.70. The summed E-state index contributed by atoms with van der Waals surface area (Å²) in [7, 11) is 0. The molecule has 126 valence electrons. The van der Waals surface area contributed by atoms with Crippen LogP contribution in [0.15, 0.2) is 28.2 Å². The van der Waals surface area contributed by atoms with E-state index in [1.807, 2.05) is 22.3 Å². The number of imidazole rings is 1. The molecule has 2 aromatic rings. The predicted molar refractivity (Wildman–Crippen MR) is 94.9 cm³/mol. The number of aromatic nitrogens is 2. The topological polar surface area (TPSA) is 89.6 Å². The molecule has 1 unspecified atom stereocenters. The smallest absolute Gasteiger partial charge is 0.219 e. The van der Waals surface area contributed by atoms with E-state index < -0.39 is 0 Å². The van der Waals surface area contributed by atoms with E-state index in [1.54, 1.807) is 19.4 Å². The SMILES string of the molecule is CC(=O)N1CCN(c2cc(C(C)N=[N+]=[N-])c(Br)c3cncn23)CC1. The van der Waals surface area contributed by atoms with Crippen molar-refractivity contribution < 1.29 is 4.79 Å². The maximum atomic E-state index is 11.5. The van der Waals surface area contributed by atoms with Gasteiger partial charge in [0.1, 0.15) is 12.1 Å². The normalized spacial score (nSPS) is 16.1. The minimum absolute atomic E-state index is 0.107. The average Bonchev–Trinajstić information content (AvgIpc) is 3.06. The molecular weight excluding hydrogens is 374 g/mol. The molecule has 1 amide bonds. The van der Waals surface area contributed by atoms with Crippen molar-refractivity contribution in [3.8, 4) is 0 Å². The van der Waals surface area contributed by atoms with Gasteiger partial charge in [-0.15, -0.1) is 0 Å². The number of hydrogen-bond acceptors (Lipinski definition) is 4. The van der Waals surface area contributed by atoms with E-state index in [4.69, 9.17) is 5.53 Å². The third kappa shape index (κ3) is 2.92. The van der Waals surface area contributed by atoms with Crippen molar-refractivity contribution in [2.75, 3.05) is 31.1 Å². The number of carbonyl (C=O) groups is 1. The molecule has 0 aromatic carbocycles. The highest BCUT2D eigenvalue weighted by molar-refractivity contribution is 9.10. The number of carbonyl (C=O) groups excluding carboxylic acids is 1. The molecule has 24 heavy (non-hydrogen) atoms. The summed E-state index contributed by atoms with van der Waals surface area (Å²) in [5, 5.41) is 3.82. The summed E-state index contributed by atoms with van der Waals surface area (Å²) in [5.41, 5.74) is 10.6. The number of amides is 1. The van der Waals surface area contributed by atoms with Crippen LogP contribution in [0, 0.1) is 0 Å². The fraction of sp³-hybridized carbons (Fsp3) is 0.467. The second-order valence-corrected chi connectivity index (χ2v) is 6.59. The molecule has 0 radical (unpaired) electrons. The molecule has 0 spiro atoms. The Morgan fingerprint density at radius 3 is 2.75 bits per heavy atom. The van der Waals surface area contributed by atoms with E-state index in [2.05, 4.69) is 35.8 Å². The number of rotatable bonds is 3. The zero-order chi connectivity index (χ0) is 17.3. The Morgan fingerprint density at radius 2 is 2.12 bits per heavy atom. The zero-order valence-corrected chi connectivity index (χ0v) is 15.1. The van der Waals surface area contributed by atoms with E-state index in [0.29, 0.717) is 13.1 Å². The summed E-state index contributed by atoms with van der Waals surface area (Å²) < 4.78 is 2.89. The lowest BCUT2D eigenvalue weighted by atomic mass is 10.1. The highest BCUT2D eigenvalue weighted by atomic mass is 79.9. The second-order valence-electron chi connectivity index (χ2n) is 5.79. The van der Waals surface area contributed by atoms with Crippen LogP contribution in [0.3, 0.4) is 0 Å². The van der Waals surface area contributed by atoms with Crippen molar-refractivity contribution in [1.82, 2.24) is 14.3 Å². The van der Waals surface area contributed by atoms with Gasteiger partial charge >= 0.3 is 0 Å². The lowest BCUT2D eigenvalue weighted by molar-refractivity contribution is -0.129. The molecule has 1 saturated heterocycles. The van der Waals surface area contributed by atoms with E-state index in [1.165, 1.54) is 0 Å². The summed E-state index contributed by atoms with van der Waals surface area (Å²) in [6.07, 6.45) is 3.56. The fourth-order valence-corrected chi connectivity index (χ4v) is 3.74. The number of anilines is 1. The summed E-state index contributed by atoms with van der Waals surface area (Å²) in [6, 6.07) is 1.74. The van der Waals surface area contributed by atoms with Crippen molar-refractivity contribution in [2.24, 2.45) is 5.11 Å². The number of fused-ring (bicyclic) bond motifs is 1. The summed E-state index contributed by atoms with van der Waals surface area (Å²) in [4.78, 5) is 22.8. The van der Waals surface area contributed by atoms with E-state index in [9.17, 15) is 4.79 Å². The van der Waals surface area contributed by atoms with Crippen molar-refractivity contribution in [3.05, 3.63) is 39.1 Å². The molecule has 1 fully saturated rings. The Morgan fingerprint density at radius 1 is 1.42 bits per heavy atom. The van der Waals surface area contributed by atoms with Crippen LogP contribution in [0.1, 0.15) is 25.5 Å². The van der Waals surface area contributed by atoms with Crippen LogP contribution in [0.4, 0.5) is 5.82 Å². The van der Waals surface area contributed by atoms with Gasteiger partial charge in [-0.25, -0.2) is 4.98 Å². The maximum Gasteiger partial charge on any atom is 0.219 e. The van der Waals surface area contributed by atoms with Crippen LogP contribution in [0.5, 0.6) is 0 Å².